The van der Waals surface area contributed by atoms with Crippen molar-refractivity contribution in [2.45, 2.75) is 6.54 Å². The van der Waals surface area contributed by atoms with Crippen LogP contribution < -0.4 is 5.32 Å². The average Bonchev–Trinajstić information content (AvgIpc) is 2.46. The second-order valence-corrected chi connectivity index (χ2v) is 3.75. The van der Waals surface area contributed by atoms with Gasteiger partial charge >= 0.3 is 5.97 Å². The lowest BCUT2D eigenvalue weighted by atomic mass is 10.2. The Labute approximate surface area is 109 Å². The van der Waals surface area contributed by atoms with Gasteiger partial charge < -0.3 is 10.4 Å². The molecule has 2 aromatic rings. The number of carboxylic acid groups (broad SMARTS) is 1. The molecule has 6 heteroatoms. The third-order valence-electron chi connectivity index (χ3n) is 2.43. The number of aromatic carboxylic acids is 1. The van der Waals surface area contributed by atoms with Gasteiger partial charge in [-0.25, -0.2) is 4.79 Å². The summed E-state index contributed by atoms with van der Waals surface area (Å²) >= 11 is 0. The Bertz CT molecular complexity index is 599. The van der Waals surface area contributed by atoms with Crippen LogP contribution in [0.3, 0.4) is 0 Å². The van der Waals surface area contributed by atoms with Crippen molar-refractivity contribution in [2.75, 3.05) is 0 Å². The first-order valence-electron chi connectivity index (χ1n) is 5.54. The SMILES string of the molecule is O=C(O)c1cccnc1C(=O)NCc1cccnc1. The van der Waals surface area contributed by atoms with Crippen LogP contribution in [0.15, 0.2) is 42.9 Å². The number of carboxylic acids is 1. The zero-order valence-electron chi connectivity index (χ0n) is 9.91. The number of rotatable bonds is 4. The van der Waals surface area contributed by atoms with Gasteiger partial charge in [-0.3, -0.25) is 14.8 Å². The number of pyridine rings is 2. The van der Waals surface area contributed by atoms with E-state index < -0.39 is 11.9 Å². The van der Waals surface area contributed by atoms with Gasteiger partial charge in [-0.15, -0.1) is 0 Å². The van der Waals surface area contributed by atoms with E-state index >= 15 is 0 Å². The Balaban J connectivity index is 2.10. The summed E-state index contributed by atoms with van der Waals surface area (Å²) in [6.45, 7) is 0.266. The maximum Gasteiger partial charge on any atom is 0.338 e. The highest BCUT2D eigenvalue weighted by Crippen LogP contribution is 2.05. The summed E-state index contributed by atoms with van der Waals surface area (Å²) in [5, 5.41) is 11.6. The molecule has 6 nitrogen and oxygen atoms in total. The summed E-state index contributed by atoms with van der Waals surface area (Å²) in [5.41, 5.74) is 0.605. The number of nitrogens with one attached hydrogen (secondary N) is 1. The number of carbonyl (C=O) groups is 2. The molecule has 0 aliphatic heterocycles. The van der Waals surface area contributed by atoms with E-state index in [-0.39, 0.29) is 17.8 Å². The molecule has 1 amide bonds. The predicted molar refractivity (Wildman–Crippen MR) is 66.6 cm³/mol. The quantitative estimate of drug-likeness (QED) is 0.855. The van der Waals surface area contributed by atoms with Crippen molar-refractivity contribution in [1.29, 1.82) is 0 Å². The van der Waals surface area contributed by atoms with E-state index in [1.165, 1.54) is 18.3 Å². The molecule has 0 atom stereocenters. The largest absolute Gasteiger partial charge is 0.478 e. The molecule has 0 unspecified atom stereocenters. The minimum atomic E-state index is -1.18. The minimum Gasteiger partial charge on any atom is -0.478 e. The van der Waals surface area contributed by atoms with Gasteiger partial charge in [0.25, 0.3) is 5.91 Å². The molecule has 19 heavy (non-hydrogen) atoms. The van der Waals surface area contributed by atoms with Gasteiger partial charge in [0.15, 0.2) is 0 Å². The topological polar surface area (TPSA) is 92.2 Å². The van der Waals surface area contributed by atoms with Crippen molar-refractivity contribution >= 4 is 11.9 Å². The number of nitrogens with zero attached hydrogens (tertiary/aromatic N) is 2. The molecule has 2 aromatic heterocycles. The lowest BCUT2D eigenvalue weighted by Gasteiger charge is -2.06. The molecule has 0 aliphatic carbocycles. The Kier molecular flexibility index (Phi) is 3.82. The van der Waals surface area contributed by atoms with Gasteiger partial charge in [-0.1, -0.05) is 6.07 Å². The number of hydrogen-bond donors (Lipinski definition) is 2. The van der Waals surface area contributed by atoms with Crippen molar-refractivity contribution in [3.63, 3.8) is 0 Å². The van der Waals surface area contributed by atoms with E-state index in [2.05, 4.69) is 15.3 Å². The number of aromatic nitrogens is 2. The fraction of sp³-hybridized carbons (Fsp3) is 0.0769. The molecule has 0 saturated heterocycles. The van der Waals surface area contributed by atoms with Crippen LogP contribution in [0.25, 0.3) is 0 Å². The second kappa shape index (κ2) is 5.72. The van der Waals surface area contributed by atoms with Gasteiger partial charge in [-0.2, -0.15) is 0 Å². The normalized spacial score (nSPS) is 9.89. The average molecular weight is 257 g/mol. The van der Waals surface area contributed by atoms with E-state index in [4.69, 9.17) is 5.11 Å². The van der Waals surface area contributed by atoms with Crippen LogP contribution in [0.5, 0.6) is 0 Å². The Morgan fingerprint density at radius 3 is 2.68 bits per heavy atom. The van der Waals surface area contributed by atoms with Crippen LogP contribution in [-0.2, 0) is 6.54 Å². The zero-order valence-corrected chi connectivity index (χ0v) is 9.91. The number of carbonyl (C=O) groups excluding carboxylic acids is 1. The first kappa shape index (κ1) is 12.7. The fourth-order valence-electron chi connectivity index (χ4n) is 1.53. The summed E-state index contributed by atoms with van der Waals surface area (Å²) in [6, 6.07) is 6.38. The molecule has 0 aliphatic rings. The van der Waals surface area contributed by atoms with Crippen molar-refractivity contribution in [3.05, 3.63) is 59.7 Å². The van der Waals surface area contributed by atoms with E-state index in [0.29, 0.717) is 0 Å². The van der Waals surface area contributed by atoms with Gasteiger partial charge in [0.2, 0.25) is 0 Å². The van der Waals surface area contributed by atoms with E-state index in [0.717, 1.165) is 5.56 Å². The molecule has 2 rings (SSSR count). The molecule has 0 bridgehead atoms. The predicted octanol–water partition coefficient (Wildman–Crippen LogP) is 1.10. The summed E-state index contributed by atoms with van der Waals surface area (Å²) in [4.78, 5) is 30.6. The lowest BCUT2D eigenvalue weighted by Crippen LogP contribution is -2.26. The van der Waals surface area contributed by atoms with Gasteiger partial charge in [-0.05, 0) is 23.8 Å². The summed E-state index contributed by atoms with van der Waals surface area (Å²) in [5.74, 6) is -1.71. The monoisotopic (exact) mass is 257 g/mol. The number of amides is 1. The van der Waals surface area contributed by atoms with E-state index in [1.54, 1.807) is 18.5 Å². The lowest BCUT2D eigenvalue weighted by molar-refractivity contribution is 0.0690. The fourth-order valence-corrected chi connectivity index (χ4v) is 1.53. The minimum absolute atomic E-state index is 0.0982. The summed E-state index contributed by atoms with van der Waals surface area (Å²) < 4.78 is 0. The highest BCUT2D eigenvalue weighted by atomic mass is 16.4. The highest BCUT2D eigenvalue weighted by molar-refractivity contribution is 6.03. The molecule has 2 N–H and O–H groups in total. The second-order valence-electron chi connectivity index (χ2n) is 3.75. The molecular formula is C13H11N3O3. The molecule has 0 radical (unpaired) electrons. The maximum atomic E-state index is 11.9. The van der Waals surface area contributed by atoms with E-state index in [9.17, 15) is 9.59 Å². The van der Waals surface area contributed by atoms with Gasteiger partial charge in [0, 0.05) is 25.1 Å². The molecule has 0 saturated carbocycles. The molecule has 0 spiro atoms. The van der Waals surface area contributed by atoms with Crippen LogP contribution in [-0.4, -0.2) is 27.0 Å². The molecule has 0 aromatic carbocycles. The molecular weight excluding hydrogens is 246 g/mol. The Morgan fingerprint density at radius 1 is 1.21 bits per heavy atom. The van der Waals surface area contributed by atoms with Crippen molar-refractivity contribution < 1.29 is 14.7 Å². The zero-order chi connectivity index (χ0) is 13.7. The van der Waals surface area contributed by atoms with Crippen molar-refractivity contribution in [3.8, 4) is 0 Å². The summed E-state index contributed by atoms with van der Waals surface area (Å²) in [7, 11) is 0. The van der Waals surface area contributed by atoms with Gasteiger partial charge in [0.1, 0.15) is 5.69 Å². The summed E-state index contributed by atoms with van der Waals surface area (Å²) in [6.07, 6.45) is 4.63. The molecule has 2 heterocycles. The third-order valence-corrected chi connectivity index (χ3v) is 2.43. The standard InChI is InChI=1S/C13H11N3O3/c17-12(16-8-9-3-1-5-14-7-9)11-10(13(18)19)4-2-6-15-11/h1-7H,8H2,(H,16,17)(H,18,19). The van der Waals surface area contributed by atoms with Crippen LogP contribution in [0.2, 0.25) is 0 Å². The number of hydrogen-bond acceptors (Lipinski definition) is 4. The smallest absolute Gasteiger partial charge is 0.338 e. The van der Waals surface area contributed by atoms with Crippen LogP contribution in [0.4, 0.5) is 0 Å². The van der Waals surface area contributed by atoms with Crippen LogP contribution in [0, 0.1) is 0 Å². The first-order chi connectivity index (χ1) is 9.18. The van der Waals surface area contributed by atoms with Gasteiger partial charge in [0.05, 0.1) is 5.56 Å². The maximum absolute atomic E-state index is 11.9. The molecule has 0 fully saturated rings. The third kappa shape index (κ3) is 3.12. The first-order valence-corrected chi connectivity index (χ1v) is 5.54. The Morgan fingerprint density at radius 2 is 2.00 bits per heavy atom. The highest BCUT2D eigenvalue weighted by Gasteiger charge is 2.16. The Hall–Kier alpha value is -2.76. The molecule has 96 valence electrons. The van der Waals surface area contributed by atoms with Crippen LogP contribution >= 0.6 is 0 Å². The van der Waals surface area contributed by atoms with E-state index in [1.807, 2.05) is 6.07 Å². The van der Waals surface area contributed by atoms with Crippen molar-refractivity contribution in [2.24, 2.45) is 0 Å². The van der Waals surface area contributed by atoms with Crippen molar-refractivity contribution in [1.82, 2.24) is 15.3 Å². The van der Waals surface area contributed by atoms with Crippen LogP contribution in [0.1, 0.15) is 26.4 Å².